The smallest absolute Gasteiger partial charge is 0.405 e. The number of halogens is 4. The molecule has 0 amide bonds. The molecular weight excluding hydrogens is 474 g/mol. The summed E-state index contributed by atoms with van der Waals surface area (Å²) < 4.78 is 46.7. The van der Waals surface area contributed by atoms with E-state index in [1.807, 2.05) is 0 Å². The van der Waals surface area contributed by atoms with Gasteiger partial charge in [0, 0.05) is 39.4 Å². The minimum atomic E-state index is -4.71. The van der Waals surface area contributed by atoms with Crippen LogP contribution in [0, 0.1) is 5.41 Å². The van der Waals surface area contributed by atoms with Crippen molar-refractivity contribution < 1.29 is 22.6 Å². The van der Waals surface area contributed by atoms with Crippen molar-refractivity contribution in [1.29, 1.82) is 0 Å². The van der Waals surface area contributed by atoms with Crippen LogP contribution >= 0.6 is 24.0 Å². The predicted octanol–water partition coefficient (Wildman–Crippen LogP) is 4.08. The van der Waals surface area contributed by atoms with Gasteiger partial charge in [-0.25, -0.2) is 0 Å². The molecule has 1 aliphatic rings. The molecule has 0 bridgehead atoms. The van der Waals surface area contributed by atoms with Crippen molar-refractivity contribution in [3.05, 3.63) is 29.8 Å². The fourth-order valence-corrected chi connectivity index (χ4v) is 3.06. The Morgan fingerprint density at radius 2 is 1.93 bits per heavy atom. The van der Waals surface area contributed by atoms with Gasteiger partial charge in [-0.2, -0.15) is 0 Å². The van der Waals surface area contributed by atoms with E-state index in [0.29, 0.717) is 11.5 Å². The highest BCUT2D eigenvalue weighted by Crippen LogP contribution is 2.43. The van der Waals surface area contributed by atoms with Gasteiger partial charge in [-0.3, -0.25) is 4.99 Å². The second-order valence-corrected chi connectivity index (χ2v) is 6.53. The molecule has 0 spiro atoms. The Morgan fingerprint density at radius 3 is 2.48 bits per heavy atom. The number of benzene rings is 1. The minimum Gasteiger partial charge on any atom is -0.405 e. The molecule has 154 valence electrons. The summed E-state index contributed by atoms with van der Waals surface area (Å²) in [6.07, 6.45) is -0.242. The maximum Gasteiger partial charge on any atom is 0.573 e. The Balaban J connectivity index is 0.00000364. The third-order valence-corrected chi connectivity index (χ3v) is 4.75. The zero-order chi connectivity index (χ0) is 19.0. The Hall–Kier alpha value is -1.23. The van der Waals surface area contributed by atoms with E-state index in [1.165, 1.54) is 18.6 Å². The van der Waals surface area contributed by atoms with E-state index < -0.39 is 6.36 Å². The molecule has 2 N–H and O–H groups in total. The van der Waals surface area contributed by atoms with Gasteiger partial charge >= 0.3 is 6.36 Å². The number of para-hydroxylation sites is 1. The van der Waals surface area contributed by atoms with Gasteiger partial charge in [-0.15, -0.1) is 37.1 Å². The third kappa shape index (κ3) is 7.73. The van der Waals surface area contributed by atoms with Gasteiger partial charge in [0.25, 0.3) is 0 Å². The van der Waals surface area contributed by atoms with Gasteiger partial charge in [-0.05, 0) is 30.7 Å². The van der Waals surface area contributed by atoms with Crippen LogP contribution in [0.25, 0.3) is 0 Å². The van der Waals surface area contributed by atoms with E-state index in [2.05, 4.69) is 20.4 Å². The van der Waals surface area contributed by atoms with Crippen molar-refractivity contribution in [2.75, 3.05) is 27.3 Å². The lowest BCUT2D eigenvalue weighted by Crippen LogP contribution is -2.46. The summed E-state index contributed by atoms with van der Waals surface area (Å²) in [4.78, 5) is 4.15. The molecule has 0 aromatic heterocycles. The number of methoxy groups -OCH3 is 1. The van der Waals surface area contributed by atoms with Gasteiger partial charge in [0.15, 0.2) is 5.96 Å². The van der Waals surface area contributed by atoms with Crippen molar-refractivity contribution in [2.45, 2.75) is 38.6 Å². The van der Waals surface area contributed by atoms with Gasteiger partial charge in [0.2, 0.25) is 0 Å². The van der Waals surface area contributed by atoms with E-state index in [1.54, 1.807) is 26.3 Å². The van der Waals surface area contributed by atoms with Crippen LogP contribution in [0.2, 0.25) is 0 Å². The molecule has 27 heavy (non-hydrogen) atoms. The van der Waals surface area contributed by atoms with Gasteiger partial charge in [0.1, 0.15) is 5.75 Å². The minimum absolute atomic E-state index is 0. The molecule has 0 radical (unpaired) electrons. The molecule has 0 atom stereocenters. The molecule has 0 saturated heterocycles. The first-order chi connectivity index (χ1) is 12.4. The van der Waals surface area contributed by atoms with Crippen molar-refractivity contribution in [3.63, 3.8) is 0 Å². The lowest BCUT2D eigenvalue weighted by molar-refractivity contribution is -0.274. The average molecular weight is 501 g/mol. The van der Waals surface area contributed by atoms with Crippen molar-refractivity contribution in [1.82, 2.24) is 10.6 Å². The van der Waals surface area contributed by atoms with Crippen LogP contribution in [0.1, 0.15) is 31.2 Å². The number of nitrogens with zero attached hydrogens (tertiary/aromatic N) is 1. The molecule has 0 aliphatic heterocycles. The SMILES string of the molecule is CN=C(NCc1ccccc1OC(F)(F)F)NCC1(CCOC)CCC1.I. The van der Waals surface area contributed by atoms with Crippen LogP contribution in [-0.4, -0.2) is 39.6 Å². The molecule has 9 heteroatoms. The van der Waals surface area contributed by atoms with E-state index >= 15 is 0 Å². The Labute approximate surface area is 175 Å². The summed E-state index contributed by atoms with van der Waals surface area (Å²) in [6.45, 7) is 1.66. The van der Waals surface area contributed by atoms with E-state index in [-0.39, 0.29) is 41.7 Å². The number of aliphatic imine (C=N–C) groups is 1. The second-order valence-electron chi connectivity index (χ2n) is 6.53. The number of alkyl halides is 3. The normalized spacial score (nSPS) is 16.1. The summed E-state index contributed by atoms with van der Waals surface area (Å²) >= 11 is 0. The highest BCUT2D eigenvalue weighted by Gasteiger charge is 2.36. The molecule has 0 heterocycles. The molecule has 2 rings (SSSR count). The standard InChI is InChI=1S/C18H26F3N3O2.HI/c1-22-16(24-13-17(8-5-9-17)10-11-25-2)23-12-14-6-3-4-7-15(14)26-18(19,20)21;/h3-4,6-7H,5,8-13H2,1-2H3,(H2,22,23,24);1H. The molecular formula is C18H27F3IN3O2. The van der Waals surface area contributed by atoms with Gasteiger partial charge < -0.3 is 20.1 Å². The summed E-state index contributed by atoms with van der Waals surface area (Å²) in [5.41, 5.74) is 0.621. The number of ether oxygens (including phenoxy) is 2. The van der Waals surface area contributed by atoms with Crippen LogP contribution < -0.4 is 15.4 Å². The van der Waals surface area contributed by atoms with Crippen molar-refractivity contribution in [2.24, 2.45) is 10.4 Å². The summed E-state index contributed by atoms with van der Waals surface area (Å²) in [6, 6.07) is 6.07. The van der Waals surface area contributed by atoms with Crippen LogP contribution in [0.15, 0.2) is 29.3 Å². The summed E-state index contributed by atoms with van der Waals surface area (Å²) in [5.74, 6) is 0.342. The topological polar surface area (TPSA) is 54.9 Å². The largest absolute Gasteiger partial charge is 0.573 e. The number of rotatable bonds is 8. The second kappa shape index (κ2) is 10.9. The zero-order valence-electron chi connectivity index (χ0n) is 15.6. The van der Waals surface area contributed by atoms with Crippen LogP contribution in [-0.2, 0) is 11.3 Å². The fourth-order valence-electron chi connectivity index (χ4n) is 3.06. The number of guanidine groups is 1. The summed E-state index contributed by atoms with van der Waals surface area (Å²) in [5, 5.41) is 6.33. The van der Waals surface area contributed by atoms with E-state index in [9.17, 15) is 13.2 Å². The van der Waals surface area contributed by atoms with Crippen molar-refractivity contribution in [3.8, 4) is 5.75 Å². The van der Waals surface area contributed by atoms with Gasteiger partial charge in [-0.1, -0.05) is 24.6 Å². The Morgan fingerprint density at radius 1 is 1.22 bits per heavy atom. The molecule has 1 saturated carbocycles. The number of nitrogens with one attached hydrogen (secondary N) is 2. The first-order valence-electron chi connectivity index (χ1n) is 8.65. The van der Waals surface area contributed by atoms with Crippen LogP contribution in [0.4, 0.5) is 13.2 Å². The van der Waals surface area contributed by atoms with Gasteiger partial charge in [0.05, 0.1) is 0 Å². The Bertz CT molecular complexity index is 608. The average Bonchev–Trinajstić information content (AvgIpc) is 2.56. The van der Waals surface area contributed by atoms with E-state index in [4.69, 9.17) is 4.74 Å². The predicted molar refractivity (Wildman–Crippen MR) is 110 cm³/mol. The zero-order valence-corrected chi connectivity index (χ0v) is 17.9. The third-order valence-electron chi connectivity index (χ3n) is 4.75. The number of hydrogen-bond donors (Lipinski definition) is 2. The highest BCUT2D eigenvalue weighted by atomic mass is 127. The van der Waals surface area contributed by atoms with Crippen LogP contribution in [0.3, 0.4) is 0 Å². The highest BCUT2D eigenvalue weighted by molar-refractivity contribution is 14.0. The van der Waals surface area contributed by atoms with Crippen LogP contribution in [0.5, 0.6) is 5.75 Å². The van der Waals surface area contributed by atoms with Crippen molar-refractivity contribution >= 4 is 29.9 Å². The maximum atomic E-state index is 12.5. The number of hydrogen-bond acceptors (Lipinski definition) is 3. The molecule has 1 aromatic carbocycles. The maximum absolute atomic E-state index is 12.5. The van der Waals surface area contributed by atoms with E-state index in [0.717, 1.165) is 32.4 Å². The first-order valence-corrected chi connectivity index (χ1v) is 8.65. The quantitative estimate of drug-likeness (QED) is 0.321. The fraction of sp³-hybridized carbons (Fsp3) is 0.611. The lowest BCUT2D eigenvalue weighted by atomic mass is 9.67. The summed E-state index contributed by atoms with van der Waals surface area (Å²) in [7, 11) is 3.33. The Kier molecular flexibility index (Phi) is 9.65. The molecule has 1 aromatic rings. The monoisotopic (exact) mass is 501 g/mol. The lowest BCUT2D eigenvalue weighted by Gasteiger charge is -2.42. The first kappa shape index (κ1) is 23.8. The molecule has 1 aliphatic carbocycles. The molecule has 0 unspecified atom stereocenters. The molecule has 5 nitrogen and oxygen atoms in total. The molecule has 1 fully saturated rings.